The van der Waals surface area contributed by atoms with Crippen LogP contribution >= 0.6 is 24.8 Å². The van der Waals surface area contributed by atoms with E-state index in [1.807, 2.05) is 0 Å². The van der Waals surface area contributed by atoms with Gasteiger partial charge in [0.25, 0.3) is 0 Å². The monoisotopic (exact) mass is 390 g/mol. The number of carbonyl (C=O) groups is 2. The number of halogens is 3. The van der Waals surface area contributed by atoms with Gasteiger partial charge in [-0.3, -0.25) is 9.59 Å². The van der Waals surface area contributed by atoms with Crippen LogP contribution < -0.4 is 0 Å². The van der Waals surface area contributed by atoms with E-state index < -0.39 is 11.9 Å². The summed E-state index contributed by atoms with van der Waals surface area (Å²) in [5, 5.41) is 8.96. The summed E-state index contributed by atoms with van der Waals surface area (Å²) in [5.74, 6) is -1.57. The van der Waals surface area contributed by atoms with Crippen LogP contribution in [0.4, 0.5) is 4.39 Å². The quantitative estimate of drug-likeness (QED) is 0.867. The molecule has 0 aliphatic carbocycles. The maximum atomic E-state index is 12.9. The van der Waals surface area contributed by atoms with Gasteiger partial charge in [-0.25, -0.2) is 9.37 Å². The smallest absolute Gasteiger partial charge is 0.308 e. The van der Waals surface area contributed by atoms with E-state index in [-0.39, 0.29) is 49.5 Å². The molecule has 1 aromatic carbocycles. The van der Waals surface area contributed by atoms with Crippen LogP contribution in [0.3, 0.4) is 0 Å². The summed E-state index contributed by atoms with van der Waals surface area (Å²) in [4.78, 5) is 28.9. The van der Waals surface area contributed by atoms with Gasteiger partial charge in [0.15, 0.2) is 0 Å². The molecule has 1 N–H and O–H groups in total. The fraction of sp³-hybridized carbons (Fsp3) is 0.312. The number of carboxylic acid groups (broad SMARTS) is 1. The molecular formula is C16H17Cl2FN2O4. The first-order valence-corrected chi connectivity index (χ1v) is 7.24. The number of aliphatic carboxylic acids is 1. The largest absolute Gasteiger partial charge is 0.481 e. The van der Waals surface area contributed by atoms with Crippen molar-refractivity contribution in [3.63, 3.8) is 0 Å². The first-order valence-electron chi connectivity index (χ1n) is 7.24. The fourth-order valence-corrected chi connectivity index (χ4v) is 2.57. The molecule has 0 radical (unpaired) electrons. The van der Waals surface area contributed by atoms with Gasteiger partial charge in [0.1, 0.15) is 12.1 Å². The van der Waals surface area contributed by atoms with E-state index in [2.05, 4.69) is 4.98 Å². The van der Waals surface area contributed by atoms with Gasteiger partial charge in [-0.2, -0.15) is 0 Å². The molecule has 3 rings (SSSR count). The van der Waals surface area contributed by atoms with Crippen LogP contribution in [0.5, 0.6) is 0 Å². The Morgan fingerprint density at radius 3 is 2.56 bits per heavy atom. The highest BCUT2D eigenvalue weighted by Crippen LogP contribution is 2.21. The Hall–Kier alpha value is -2.12. The molecular weight excluding hydrogens is 374 g/mol. The van der Waals surface area contributed by atoms with E-state index in [4.69, 9.17) is 9.52 Å². The number of aromatic nitrogens is 1. The third-order valence-corrected chi connectivity index (χ3v) is 3.87. The molecule has 25 heavy (non-hydrogen) atoms. The van der Waals surface area contributed by atoms with Crippen molar-refractivity contribution in [1.29, 1.82) is 0 Å². The number of oxazole rings is 1. The molecule has 136 valence electrons. The number of carboxylic acids is 1. The second-order valence-electron chi connectivity index (χ2n) is 5.49. The van der Waals surface area contributed by atoms with Crippen LogP contribution in [0.25, 0.3) is 11.5 Å². The lowest BCUT2D eigenvalue weighted by Gasteiger charge is -2.14. The molecule has 0 saturated carbocycles. The Labute approximate surface area is 155 Å². The molecule has 2 heterocycles. The maximum Gasteiger partial charge on any atom is 0.308 e. The van der Waals surface area contributed by atoms with Crippen molar-refractivity contribution in [2.45, 2.75) is 12.8 Å². The average molecular weight is 391 g/mol. The zero-order valence-electron chi connectivity index (χ0n) is 13.1. The zero-order valence-corrected chi connectivity index (χ0v) is 14.7. The second kappa shape index (κ2) is 8.82. The van der Waals surface area contributed by atoms with Crippen molar-refractivity contribution in [3.8, 4) is 11.5 Å². The van der Waals surface area contributed by atoms with Crippen LogP contribution in [0.15, 0.2) is 34.9 Å². The van der Waals surface area contributed by atoms with Gasteiger partial charge in [0.05, 0.1) is 18.0 Å². The lowest BCUT2D eigenvalue weighted by atomic mass is 10.1. The predicted molar refractivity (Wildman–Crippen MR) is 92.4 cm³/mol. The van der Waals surface area contributed by atoms with Crippen molar-refractivity contribution >= 4 is 36.7 Å². The van der Waals surface area contributed by atoms with Gasteiger partial charge in [-0.15, -0.1) is 24.8 Å². The molecule has 9 heteroatoms. The van der Waals surface area contributed by atoms with Crippen molar-refractivity contribution in [1.82, 2.24) is 9.88 Å². The highest BCUT2D eigenvalue weighted by Gasteiger charge is 2.31. The molecule has 0 spiro atoms. The Bertz CT molecular complexity index is 736. The van der Waals surface area contributed by atoms with E-state index in [9.17, 15) is 14.0 Å². The van der Waals surface area contributed by atoms with E-state index in [1.165, 1.54) is 23.3 Å². The van der Waals surface area contributed by atoms with Crippen LogP contribution in [0, 0.1) is 11.7 Å². The minimum absolute atomic E-state index is 0. The average Bonchev–Trinajstić information content (AvgIpc) is 3.17. The lowest BCUT2D eigenvalue weighted by molar-refractivity contribution is -0.141. The minimum atomic E-state index is -0.875. The SMILES string of the molecule is Cl.Cl.O=C(O)C1CCN(C(=O)Cc2coc(-c3ccc(F)cc3)n2)C1. The number of hydrogen-bond donors (Lipinski definition) is 1. The van der Waals surface area contributed by atoms with Crippen molar-refractivity contribution < 1.29 is 23.5 Å². The first-order chi connectivity index (χ1) is 11.0. The number of benzene rings is 1. The number of hydrogen-bond acceptors (Lipinski definition) is 4. The Balaban J connectivity index is 0.00000156. The van der Waals surface area contributed by atoms with E-state index in [0.29, 0.717) is 30.1 Å². The summed E-state index contributed by atoms with van der Waals surface area (Å²) in [5.41, 5.74) is 1.09. The van der Waals surface area contributed by atoms with E-state index in [1.54, 1.807) is 12.1 Å². The molecule has 6 nitrogen and oxygen atoms in total. The highest BCUT2D eigenvalue weighted by molar-refractivity contribution is 5.85. The molecule has 1 atom stereocenters. The van der Waals surface area contributed by atoms with Crippen LogP contribution in [0.1, 0.15) is 12.1 Å². The molecule has 1 aliphatic heterocycles. The van der Waals surface area contributed by atoms with Crippen LogP contribution in [-0.2, 0) is 16.0 Å². The molecule has 1 fully saturated rings. The molecule has 2 aromatic rings. The topological polar surface area (TPSA) is 83.6 Å². The van der Waals surface area contributed by atoms with Crippen LogP contribution in [0.2, 0.25) is 0 Å². The Morgan fingerprint density at radius 1 is 1.28 bits per heavy atom. The summed E-state index contributed by atoms with van der Waals surface area (Å²) in [6, 6.07) is 5.71. The third kappa shape index (κ3) is 4.93. The number of nitrogens with zero attached hydrogens (tertiary/aromatic N) is 2. The number of likely N-dealkylation sites (tertiary alicyclic amines) is 1. The number of rotatable bonds is 4. The molecule has 0 bridgehead atoms. The van der Waals surface area contributed by atoms with Crippen molar-refractivity contribution in [3.05, 3.63) is 42.0 Å². The lowest BCUT2D eigenvalue weighted by Crippen LogP contribution is -2.31. The number of amides is 1. The second-order valence-corrected chi connectivity index (χ2v) is 5.49. The minimum Gasteiger partial charge on any atom is -0.481 e. The maximum absolute atomic E-state index is 12.9. The third-order valence-electron chi connectivity index (χ3n) is 3.87. The predicted octanol–water partition coefficient (Wildman–Crippen LogP) is 2.80. The summed E-state index contributed by atoms with van der Waals surface area (Å²) < 4.78 is 18.2. The zero-order chi connectivity index (χ0) is 16.4. The molecule has 1 saturated heterocycles. The molecule has 1 unspecified atom stereocenters. The van der Waals surface area contributed by atoms with Gasteiger partial charge in [-0.05, 0) is 30.7 Å². The van der Waals surface area contributed by atoms with Gasteiger partial charge >= 0.3 is 5.97 Å². The Kier molecular flexibility index (Phi) is 7.38. The van der Waals surface area contributed by atoms with Gasteiger partial charge in [-0.1, -0.05) is 0 Å². The van der Waals surface area contributed by atoms with Gasteiger partial charge < -0.3 is 14.4 Å². The highest BCUT2D eigenvalue weighted by atomic mass is 35.5. The summed E-state index contributed by atoms with van der Waals surface area (Å²) in [6.07, 6.45) is 1.92. The van der Waals surface area contributed by atoms with Gasteiger partial charge in [0, 0.05) is 18.7 Å². The summed E-state index contributed by atoms with van der Waals surface area (Å²) >= 11 is 0. The Morgan fingerprint density at radius 2 is 1.96 bits per heavy atom. The van der Waals surface area contributed by atoms with Gasteiger partial charge in [0.2, 0.25) is 11.8 Å². The number of carbonyl (C=O) groups excluding carboxylic acids is 1. The summed E-state index contributed by atoms with van der Waals surface area (Å²) in [7, 11) is 0. The summed E-state index contributed by atoms with van der Waals surface area (Å²) in [6.45, 7) is 0.676. The fourth-order valence-electron chi connectivity index (χ4n) is 2.57. The van der Waals surface area contributed by atoms with Crippen molar-refractivity contribution in [2.24, 2.45) is 5.92 Å². The van der Waals surface area contributed by atoms with E-state index >= 15 is 0 Å². The van der Waals surface area contributed by atoms with E-state index in [0.717, 1.165) is 0 Å². The normalized spacial score (nSPS) is 16.0. The standard InChI is InChI=1S/C16H15FN2O4.2ClH/c17-12-3-1-10(2-4-12)15-18-13(9-23-15)7-14(20)19-6-5-11(8-19)16(21)22;;/h1-4,9,11H,5-8H2,(H,21,22);2*1H. The molecule has 1 amide bonds. The van der Waals surface area contributed by atoms with Crippen molar-refractivity contribution in [2.75, 3.05) is 13.1 Å². The molecule has 1 aromatic heterocycles. The molecule has 1 aliphatic rings. The van der Waals surface area contributed by atoms with Crippen LogP contribution in [-0.4, -0.2) is 40.0 Å². The first kappa shape index (κ1) is 20.9.